The third-order valence-electron chi connectivity index (χ3n) is 4.03. The Hall–Kier alpha value is -2.61. The average molecular weight is 371 g/mol. The van der Waals surface area contributed by atoms with Crippen molar-refractivity contribution in [1.82, 2.24) is 25.5 Å². The second-order valence-corrected chi connectivity index (χ2v) is 6.75. The molecule has 0 radical (unpaired) electrons. The van der Waals surface area contributed by atoms with E-state index in [9.17, 15) is 4.79 Å². The molecule has 2 heterocycles. The van der Waals surface area contributed by atoms with Crippen LogP contribution in [0.25, 0.3) is 0 Å². The van der Waals surface area contributed by atoms with E-state index in [1.54, 1.807) is 10.9 Å². The Kier molecular flexibility index (Phi) is 6.43. The molecular formula is C18H21N5O2S. The van der Waals surface area contributed by atoms with Gasteiger partial charge in [0.2, 0.25) is 11.1 Å². The predicted molar refractivity (Wildman–Crippen MR) is 98.8 cm³/mol. The molecule has 0 spiro atoms. The van der Waals surface area contributed by atoms with Crippen LogP contribution in [0.5, 0.6) is 0 Å². The number of nitrogens with one attached hydrogen (secondary N) is 1. The second kappa shape index (κ2) is 9.19. The quantitative estimate of drug-likeness (QED) is 0.582. The Morgan fingerprint density at radius 1 is 1.27 bits per heavy atom. The van der Waals surface area contributed by atoms with Gasteiger partial charge in [-0.05, 0) is 34.5 Å². The third-order valence-corrected chi connectivity index (χ3v) is 4.98. The third kappa shape index (κ3) is 4.95. The first-order chi connectivity index (χ1) is 12.8. The number of furan rings is 1. The summed E-state index contributed by atoms with van der Waals surface area (Å²) in [7, 11) is 0. The summed E-state index contributed by atoms with van der Waals surface area (Å²) in [5, 5.41) is 15.2. The number of hydrogen-bond donors (Lipinski definition) is 1. The zero-order valence-corrected chi connectivity index (χ0v) is 15.4. The standard InChI is InChI=1S/C18H21N5O2S/c1-2-14(15-7-4-3-5-8-15)11-19-17(24)13-26-18-20-21-22-23(18)12-16-9-6-10-25-16/h3-10,14H,2,11-13H2,1H3,(H,19,24). The fourth-order valence-corrected chi connectivity index (χ4v) is 3.30. The highest BCUT2D eigenvalue weighted by atomic mass is 32.2. The van der Waals surface area contributed by atoms with Gasteiger partial charge in [-0.25, -0.2) is 4.68 Å². The Balaban J connectivity index is 1.48. The molecular weight excluding hydrogens is 350 g/mol. The minimum absolute atomic E-state index is 0.0306. The predicted octanol–water partition coefficient (Wildman–Crippen LogP) is 2.72. The first kappa shape index (κ1) is 18.2. The van der Waals surface area contributed by atoms with Gasteiger partial charge in [0, 0.05) is 12.5 Å². The van der Waals surface area contributed by atoms with E-state index in [2.05, 4.69) is 39.9 Å². The minimum atomic E-state index is -0.0306. The first-order valence-corrected chi connectivity index (χ1v) is 9.47. The smallest absolute Gasteiger partial charge is 0.230 e. The number of carbonyl (C=O) groups is 1. The molecule has 26 heavy (non-hydrogen) atoms. The summed E-state index contributed by atoms with van der Waals surface area (Å²) in [4.78, 5) is 12.2. The maximum atomic E-state index is 12.2. The molecule has 8 heteroatoms. The van der Waals surface area contributed by atoms with Gasteiger partial charge < -0.3 is 9.73 Å². The van der Waals surface area contributed by atoms with Gasteiger partial charge in [-0.1, -0.05) is 49.0 Å². The molecule has 1 unspecified atom stereocenters. The van der Waals surface area contributed by atoms with Crippen molar-refractivity contribution in [3.8, 4) is 0 Å². The van der Waals surface area contributed by atoms with Crippen molar-refractivity contribution in [1.29, 1.82) is 0 Å². The van der Waals surface area contributed by atoms with Crippen molar-refractivity contribution in [2.75, 3.05) is 12.3 Å². The van der Waals surface area contributed by atoms with Crippen molar-refractivity contribution < 1.29 is 9.21 Å². The fraction of sp³-hybridized carbons (Fsp3) is 0.333. The molecule has 0 aliphatic rings. The van der Waals surface area contributed by atoms with Gasteiger partial charge in [0.1, 0.15) is 12.3 Å². The topological polar surface area (TPSA) is 85.8 Å². The summed E-state index contributed by atoms with van der Waals surface area (Å²) < 4.78 is 6.92. The molecule has 0 fully saturated rings. The Morgan fingerprint density at radius 2 is 2.12 bits per heavy atom. The fourth-order valence-electron chi connectivity index (χ4n) is 2.59. The molecule has 1 N–H and O–H groups in total. The Morgan fingerprint density at radius 3 is 2.85 bits per heavy atom. The summed E-state index contributed by atoms with van der Waals surface area (Å²) >= 11 is 1.31. The van der Waals surface area contributed by atoms with Crippen LogP contribution in [0.2, 0.25) is 0 Å². The van der Waals surface area contributed by atoms with Crippen LogP contribution in [0, 0.1) is 0 Å². The summed E-state index contributed by atoms with van der Waals surface area (Å²) in [5.74, 6) is 1.31. The lowest BCUT2D eigenvalue weighted by molar-refractivity contribution is -0.118. The van der Waals surface area contributed by atoms with Crippen LogP contribution < -0.4 is 5.32 Å². The first-order valence-electron chi connectivity index (χ1n) is 8.49. The maximum absolute atomic E-state index is 12.2. The molecule has 0 aliphatic heterocycles. The highest BCUT2D eigenvalue weighted by Gasteiger charge is 2.13. The summed E-state index contributed by atoms with van der Waals surface area (Å²) in [6, 6.07) is 13.9. The zero-order chi connectivity index (χ0) is 18.2. The second-order valence-electron chi connectivity index (χ2n) is 5.81. The highest BCUT2D eigenvalue weighted by Crippen LogP contribution is 2.18. The van der Waals surface area contributed by atoms with E-state index in [4.69, 9.17) is 4.42 Å². The van der Waals surface area contributed by atoms with Gasteiger partial charge in [-0.15, -0.1) is 5.10 Å². The molecule has 1 aromatic carbocycles. The highest BCUT2D eigenvalue weighted by molar-refractivity contribution is 7.99. The van der Waals surface area contributed by atoms with Gasteiger partial charge >= 0.3 is 0 Å². The van der Waals surface area contributed by atoms with E-state index >= 15 is 0 Å². The molecule has 0 aliphatic carbocycles. The summed E-state index contributed by atoms with van der Waals surface area (Å²) in [5.41, 5.74) is 1.24. The molecule has 3 rings (SSSR count). The van der Waals surface area contributed by atoms with Crippen LogP contribution >= 0.6 is 11.8 Å². The van der Waals surface area contributed by atoms with Gasteiger partial charge in [-0.2, -0.15) is 0 Å². The number of rotatable bonds is 9. The average Bonchev–Trinajstić information content (AvgIpc) is 3.34. The lowest BCUT2D eigenvalue weighted by Gasteiger charge is -2.16. The van der Waals surface area contributed by atoms with Crippen LogP contribution in [0.15, 0.2) is 58.3 Å². The van der Waals surface area contributed by atoms with Gasteiger partial charge in [0.25, 0.3) is 0 Å². The summed E-state index contributed by atoms with van der Waals surface area (Å²) in [6.07, 6.45) is 2.58. The number of thioether (sulfide) groups is 1. The monoisotopic (exact) mass is 371 g/mol. The lowest BCUT2D eigenvalue weighted by Crippen LogP contribution is -2.29. The molecule has 0 saturated heterocycles. The Bertz CT molecular complexity index is 804. The molecule has 2 aromatic heterocycles. The van der Waals surface area contributed by atoms with Crippen molar-refractivity contribution in [2.24, 2.45) is 0 Å². The van der Waals surface area contributed by atoms with E-state index in [0.717, 1.165) is 12.2 Å². The van der Waals surface area contributed by atoms with Crippen LogP contribution in [-0.2, 0) is 11.3 Å². The zero-order valence-electron chi connectivity index (χ0n) is 14.5. The number of amides is 1. The molecule has 3 aromatic rings. The van der Waals surface area contributed by atoms with Crippen molar-refractivity contribution in [2.45, 2.75) is 31.0 Å². The van der Waals surface area contributed by atoms with Crippen LogP contribution in [-0.4, -0.2) is 38.4 Å². The number of aromatic nitrogens is 4. The summed E-state index contributed by atoms with van der Waals surface area (Å²) in [6.45, 7) is 3.19. The molecule has 0 saturated carbocycles. The number of nitrogens with zero attached hydrogens (tertiary/aromatic N) is 4. The molecule has 136 valence electrons. The van der Waals surface area contributed by atoms with Gasteiger partial charge in [-0.3, -0.25) is 4.79 Å². The minimum Gasteiger partial charge on any atom is -0.467 e. The van der Waals surface area contributed by atoms with E-state index in [1.165, 1.54) is 17.3 Å². The van der Waals surface area contributed by atoms with Crippen molar-refractivity contribution >= 4 is 17.7 Å². The van der Waals surface area contributed by atoms with Crippen LogP contribution in [0.1, 0.15) is 30.6 Å². The number of carbonyl (C=O) groups excluding carboxylic acids is 1. The van der Waals surface area contributed by atoms with Gasteiger partial charge in [0.05, 0.1) is 12.0 Å². The lowest BCUT2D eigenvalue weighted by atomic mass is 9.96. The molecule has 7 nitrogen and oxygen atoms in total. The number of tetrazole rings is 1. The Labute approximate surface area is 156 Å². The SMILES string of the molecule is CCC(CNC(=O)CSc1nnnn1Cc1ccco1)c1ccccc1. The van der Waals surface area contributed by atoms with E-state index in [1.807, 2.05) is 30.3 Å². The normalized spacial score (nSPS) is 12.0. The maximum Gasteiger partial charge on any atom is 0.230 e. The molecule has 1 amide bonds. The van der Waals surface area contributed by atoms with E-state index in [-0.39, 0.29) is 11.7 Å². The number of hydrogen-bond acceptors (Lipinski definition) is 6. The van der Waals surface area contributed by atoms with Crippen molar-refractivity contribution in [3.05, 3.63) is 60.1 Å². The molecule has 0 bridgehead atoms. The largest absolute Gasteiger partial charge is 0.467 e. The van der Waals surface area contributed by atoms with E-state index in [0.29, 0.717) is 24.2 Å². The van der Waals surface area contributed by atoms with Crippen LogP contribution in [0.4, 0.5) is 0 Å². The molecule has 1 atom stereocenters. The van der Waals surface area contributed by atoms with Crippen molar-refractivity contribution in [3.63, 3.8) is 0 Å². The van der Waals surface area contributed by atoms with Gasteiger partial charge in [0.15, 0.2) is 0 Å². The van der Waals surface area contributed by atoms with E-state index < -0.39 is 0 Å². The number of benzene rings is 1. The van der Waals surface area contributed by atoms with Crippen LogP contribution in [0.3, 0.4) is 0 Å².